The van der Waals surface area contributed by atoms with Gasteiger partial charge >= 0.3 is 0 Å². The third kappa shape index (κ3) is 8.01. The highest BCUT2D eigenvalue weighted by Gasteiger charge is 2.40. The van der Waals surface area contributed by atoms with Crippen LogP contribution in [-0.2, 0) is 16.1 Å². The molecule has 40 heavy (non-hydrogen) atoms. The number of Topliss-reactive ketones (excluding diaryl/α,β-unsaturated/α-hetero) is 1. The van der Waals surface area contributed by atoms with Gasteiger partial charge in [-0.05, 0) is 44.5 Å². The number of hydrogen-bond donors (Lipinski definition) is 2. The summed E-state index contributed by atoms with van der Waals surface area (Å²) in [5.74, 6) is 0.0687. The molecule has 1 atom stereocenters. The van der Waals surface area contributed by atoms with Gasteiger partial charge in [0.25, 0.3) is 0 Å². The van der Waals surface area contributed by atoms with Gasteiger partial charge in [0, 0.05) is 49.1 Å². The van der Waals surface area contributed by atoms with Crippen LogP contribution in [0, 0.1) is 10.8 Å². The standard InChI is InChI=1S/C29H38BN8O2/c1-8-10-24(32-9-2)30-25-12-29(4,5)18-38(25)27(40)16-34-23-15-33-22(11-21(23)28(31)19(3)39)20-13-35-26(36-14-20)17-37(6)7/h8-11,13-15,25,31,34H,2,12,16-18H2,1,3-7H3/b10-8-,31-28?,32-24?/t25-/m0/s1. The first-order valence-corrected chi connectivity index (χ1v) is 13.2. The number of pyridine rings is 1. The molecule has 3 heterocycles. The van der Waals surface area contributed by atoms with E-state index in [4.69, 9.17) is 5.41 Å². The lowest BCUT2D eigenvalue weighted by molar-refractivity contribution is -0.129. The SMILES string of the molecule is C=CN=C([B][C@@H]1CC(C)(C)CN1C(=O)CNc1cnc(-c2cnc(CN(C)C)nc2)cc1C(=N)C(C)=O)/C=C\C. The number of likely N-dealkylation sites (tertiary alicyclic amines) is 1. The highest BCUT2D eigenvalue weighted by Crippen LogP contribution is 2.34. The van der Waals surface area contributed by atoms with E-state index in [0.29, 0.717) is 41.4 Å². The van der Waals surface area contributed by atoms with Crippen LogP contribution in [-0.4, -0.2) is 88.2 Å². The molecular weight excluding hydrogens is 503 g/mol. The van der Waals surface area contributed by atoms with Crippen LogP contribution in [0.25, 0.3) is 11.3 Å². The van der Waals surface area contributed by atoms with Crippen LogP contribution in [0.4, 0.5) is 5.69 Å². The summed E-state index contributed by atoms with van der Waals surface area (Å²) >= 11 is 0. The molecule has 0 spiro atoms. The molecular formula is C29H38BN8O2. The lowest BCUT2D eigenvalue weighted by atomic mass is 9.62. The Hall–Kier alpha value is -3.99. The van der Waals surface area contributed by atoms with Crippen LogP contribution in [0.5, 0.6) is 0 Å². The monoisotopic (exact) mass is 541 g/mol. The maximum Gasteiger partial charge on any atom is 0.241 e. The molecule has 11 heteroatoms. The second kappa shape index (κ2) is 13.4. The van der Waals surface area contributed by atoms with E-state index in [0.717, 1.165) is 12.0 Å². The first-order chi connectivity index (χ1) is 18.9. The van der Waals surface area contributed by atoms with E-state index in [9.17, 15) is 9.59 Å². The quantitative estimate of drug-likeness (QED) is 0.312. The minimum Gasteiger partial charge on any atom is -0.374 e. The van der Waals surface area contributed by atoms with E-state index in [2.05, 4.69) is 45.7 Å². The largest absolute Gasteiger partial charge is 0.374 e. The average molecular weight is 541 g/mol. The van der Waals surface area contributed by atoms with Crippen LogP contribution >= 0.6 is 0 Å². The molecule has 0 saturated carbocycles. The summed E-state index contributed by atoms with van der Waals surface area (Å²) in [5, 5.41) is 11.5. The van der Waals surface area contributed by atoms with Crippen molar-refractivity contribution >= 4 is 36.0 Å². The molecule has 2 aromatic heterocycles. The van der Waals surface area contributed by atoms with Crippen molar-refractivity contribution in [2.75, 3.05) is 32.5 Å². The van der Waals surface area contributed by atoms with Crippen LogP contribution in [0.15, 0.2) is 54.6 Å². The van der Waals surface area contributed by atoms with Gasteiger partial charge < -0.3 is 15.1 Å². The van der Waals surface area contributed by atoms with E-state index in [1.54, 1.807) is 24.7 Å². The number of aliphatic imine (C=N–C) groups is 1. The number of aromatic nitrogens is 3. The second-order valence-corrected chi connectivity index (χ2v) is 10.9. The first kappa shape index (κ1) is 30.6. The Labute approximate surface area is 237 Å². The molecule has 10 nitrogen and oxygen atoms in total. The van der Waals surface area contributed by atoms with Crippen LogP contribution in [0.1, 0.15) is 45.5 Å². The minimum atomic E-state index is -0.391. The van der Waals surface area contributed by atoms with Crippen molar-refractivity contribution in [3.63, 3.8) is 0 Å². The van der Waals surface area contributed by atoms with Gasteiger partial charge in [-0.15, -0.1) is 0 Å². The van der Waals surface area contributed by atoms with Gasteiger partial charge in [-0.1, -0.05) is 32.6 Å². The molecule has 1 aliphatic heterocycles. The van der Waals surface area contributed by atoms with Gasteiger partial charge in [0.15, 0.2) is 5.78 Å². The number of nitrogens with zero attached hydrogens (tertiary/aromatic N) is 6. The molecule has 0 aromatic carbocycles. The van der Waals surface area contributed by atoms with Crippen LogP contribution in [0.2, 0.25) is 0 Å². The Kier molecular flexibility index (Phi) is 10.2. The number of carbonyl (C=O) groups excluding carboxylic acids is 2. The number of nitrogens with one attached hydrogen (secondary N) is 2. The summed E-state index contributed by atoms with van der Waals surface area (Å²) in [7, 11) is 5.87. The number of rotatable bonds is 12. The van der Waals surface area contributed by atoms with Gasteiger partial charge in [0.05, 0.1) is 30.7 Å². The first-order valence-electron chi connectivity index (χ1n) is 13.2. The summed E-state index contributed by atoms with van der Waals surface area (Å²) in [6.07, 6.45) is 11.0. The van der Waals surface area contributed by atoms with Crippen molar-refractivity contribution in [2.45, 2.75) is 46.6 Å². The molecule has 1 saturated heterocycles. The number of carbonyl (C=O) groups is 2. The second-order valence-electron chi connectivity index (χ2n) is 10.9. The summed E-state index contributed by atoms with van der Waals surface area (Å²) in [6.45, 7) is 12.4. The summed E-state index contributed by atoms with van der Waals surface area (Å²) < 4.78 is 0. The van der Waals surface area contributed by atoms with E-state index in [-0.39, 0.29) is 29.5 Å². The molecule has 1 aliphatic rings. The highest BCUT2D eigenvalue weighted by atomic mass is 16.2. The fraction of sp³-hybridized carbons (Fsp3) is 0.414. The lowest BCUT2D eigenvalue weighted by Crippen LogP contribution is -2.44. The van der Waals surface area contributed by atoms with Gasteiger partial charge in [0.2, 0.25) is 13.2 Å². The van der Waals surface area contributed by atoms with Crippen molar-refractivity contribution in [2.24, 2.45) is 10.4 Å². The fourth-order valence-corrected chi connectivity index (χ4v) is 4.63. The predicted octanol–water partition coefficient (Wildman–Crippen LogP) is 3.38. The zero-order valence-corrected chi connectivity index (χ0v) is 24.2. The summed E-state index contributed by atoms with van der Waals surface area (Å²) in [6, 6.07) is 1.66. The topological polar surface area (TPSA) is 128 Å². The number of ketones is 1. The lowest BCUT2D eigenvalue weighted by Gasteiger charge is -2.25. The minimum absolute atomic E-state index is 0.0144. The molecule has 1 radical (unpaired) electrons. The zero-order chi connectivity index (χ0) is 29.4. The molecule has 0 aliphatic carbocycles. The number of amides is 1. The van der Waals surface area contributed by atoms with Crippen molar-refractivity contribution in [1.29, 1.82) is 5.41 Å². The predicted molar refractivity (Wildman–Crippen MR) is 161 cm³/mol. The van der Waals surface area contributed by atoms with Crippen LogP contribution in [0.3, 0.4) is 0 Å². The Balaban J connectivity index is 1.82. The molecule has 0 unspecified atom stereocenters. The Morgan fingerprint density at radius 3 is 2.58 bits per heavy atom. The Morgan fingerprint density at radius 2 is 1.98 bits per heavy atom. The smallest absolute Gasteiger partial charge is 0.241 e. The Bertz CT molecular complexity index is 1320. The summed E-state index contributed by atoms with van der Waals surface area (Å²) in [4.78, 5) is 47.0. The van der Waals surface area contributed by atoms with Crippen molar-refractivity contribution in [3.05, 3.63) is 61.0 Å². The molecule has 2 aromatic rings. The third-order valence-corrected chi connectivity index (χ3v) is 6.44. The number of allylic oxidation sites excluding steroid dienone is 2. The molecule has 209 valence electrons. The summed E-state index contributed by atoms with van der Waals surface area (Å²) in [5.41, 5.74) is 2.52. The van der Waals surface area contributed by atoms with Gasteiger partial charge in [-0.2, -0.15) is 0 Å². The van der Waals surface area contributed by atoms with Crippen molar-refractivity contribution < 1.29 is 9.59 Å². The van der Waals surface area contributed by atoms with E-state index >= 15 is 0 Å². The van der Waals surface area contributed by atoms with Gasteiger partial charge in [-0.25, -0.2) is 9.97 Å². The number of anilines is 1. The van der Waals surface area contributed by atoms with Crippen molar-refractivity contribution in [1.82, 2.24) is 24.8 Å². The Morgan fingerprint density at radius 1 is 1.27 bits per heavy atom. The zero-order valence-electron chi connectivity index (χ0n) is 24.2. The van der Waals surface area contributed by atoms with E-state index in [1.807, 2.05) is 50.3 Å². The molecule has 1 amide bonds. The normalized spacial score (nSPS) is 16.8. The maximum absolute atomic E-state index is 13.4. The molecule has 3 rings (SSSR count). The molecule has 2 N–H and O–H groups in total. The average Bonchev–Trinajstić information content (AvgIpc) is 3.21. The fourth-order valence-electron chi connectivity index (χ4n) is 4.63. The van der Waals surface area contributed by atoms with Gasteiger partial charge in [0.1, 0.15) is 11.5 Å². The van der Waals surface area contributed by atoms with Gasteiger partial charge in [-0.3, -0.25) is 25.0 Å². The van der Waals surface area contributed by atoms with E-state index in [1.165, 1.54) is 13.1 Å². The molecule has 1 fully saturated rings. The highest BCUT2D eigenvalue weighted by molar-refractivity contribution is 6.79. The van der Waals surface area contributed by atoms with E-state index < -0.39 is 5.78 Å². The molecule has 0 bridgehead atoms. The van der Waals surface area contributed by atoms with Crippen molar-refractivity contribution in [3.8, 4) is 11.3 Å². The third-order valence-electron chi connectivity index (χ3n) is 6.44. The van der Waals surface area contributed by atoms with Crippen LogP contribution < -0.4 is 5.32 Å². The maximum atomic E-state index is 13.4. The number of hydrogen-bond acceptors (Lipinski definition) is 9.